The Labute approximate surface area is 204 Å². The summed E-state index contributed by atoms with van der Waals surface area (Å²) < 4.78 is 35.9. The Bertz CT molecular complexity index is 897. The molecule has 0 bridgehead atoms. The Kier molecular flexibility index (Phi) is 12.4. The quantitative estimate of drug-likeness (QED) is 0.226. The number of halogens is 3. The molecule has 3 N–H and O–H groups in total. The van der Waals surface area contributed by atoms with Crippen molar-refractivity contribution in [3.63, 3.8) is 0 Å². The van der Waals surface area contributed by atoms with Crippen LogP contribution in [0.4, 0.5) is 14.5 Å². The third-order valence-electron chi connectivity index (χ3n) is 4.02. The van der Waals surface area contributed by atoms with E-state index in [0.717, 1.165) is 5.56 Å². The number of anilines is 1. The van der Waals surface area contributed by atoms with Crippen molar-refractivity contribution in [3.05, 3.63) is 53.6 Å². The number of guanidine groups is 1. The standard InChI is InChI=1S/C22H28F2N4O3.HI/c1-4-25-22(26-13-16-8-6-10-18(12-16)28-15(3)29)27-14-17-9-7-11-19(30-5-2)20(17)31-21(23)24;/h6-12,21H,4-5,13-14H2,1-3H3,(H,28,29)(H2,25,26,27);1H. The number of rotatable bonds is 10. The molecule has 0 aromatic heterocycles. The third-order valence-corrected chi connectivity index (χ3v) is 4.02. The number of hydrogen-bond acceptors (Lipinski definition) is 4. The minimum absolute atomic E-state index is 0. The third kappa shape index (κ3) is 9.25. The molecule has 0 atom stereocenters. The highest BCUT2D eigenvalue weighted by molar-refractivity contribution is 14.0. The first-order chi connectivity index (χ1) is 14.9. The van der Waals surface area contributed by atoms with Crippen LogP contribution in [0.3, 0.4) is 0 Å². The Morgan fingerprint density at radius 3 is 2.53 bits per heavy atom. The zero-order valence-corrected chi connectivity index (χ0v) is 20.6. The molecule has 0 heterocycles. The van der Waals surface area contributed by atoms with E-state index in [1.54, 1.807) is 31.2 Å². The molecular formula is C22H29F2IN4O3. The van der Waals surface area contributed by atoms with Gasteiger partial charge in [-0.05, 0) is 37.6 Å². The average Bonchev–Trinajstić information content (AvgIpc) is 2.71. The topological polar surface area (TPSA) is 84.0 Å². The lowest BCUT2D eigenvalue weighted by atomic mass is 10.2. The van der Waals surface area contributed by atoms with Gasteiger partial charge in [0.1, 0.15) is 0 Å². The van der Waals surface area contributed by atoms with E-state index in [9.17, 15) is 13.6 Å². The van der Waals surface area contributed by atoms with E-state index in [4.69, 9.17) is 9.47 Å². The number of amides is 1. The van der Waals surface area contributed by atoms with Gasteiger partial charge in [-0.15, -0.1) is 24.0 Å². The van der Waals surface area contributed by atoms with Gasteiger partial charge in [0, 0.05) is 31.3 Å². The molecule has 0 unspecified atom stereocenters. The molecule has 2 aromatic rings. The van der Waals surface area contributed by atoms with Gasteiger partial charge in [0.25, 0.3) is 0 Å². The molecule has 0 radical (unpaired) electrons. The molecule has 1 amide bonds. The Balaban J connectivity index is 0.00000512. The van der Waals surface area contributed by atoms with Gasteiger partial charge in [-0.3, -0.25) is 4.79 Å². The zero-order valence-electron chi connectivity index (χ0n) is 18.3. The van der Waals surface area contributed by atoms with E-state index in [1.165, 1.54) is 6.92 Å². The molecule has 32 heavy (non-hydrogen) atoms. The Morgan fingerprint density at radius 1 is 1.12 bits per heavy atom. The van der Waals surface area contributed by atoms with Crippen LogP contribution in [-0.4, -0.2) is 31.6 Å². The fourth-order valence-electron chi connectivity index (χ4n) is 2.83. The minimum Gasteiger partial charge on any atom is -0.490 e. The maximum absolute atomic E-state index is 12.9. The van der Waals surface area contributed by atoms with Crippen LogP contribution in [0.1, 0.15) is 31.9 Å². The maximum atomic E-state index is 12.9. The van der Waals surface area contributed by atoms with Crippen molar-refractivity contribution in [3.8, 4) is 11.5 Å². The first-order valence-corrected chi connectivity index (χ1v) is 10.0. The molecule has 0 saturated heterocycles. The summed E-state index contributed by atoms with van der Waals surface area (Å²) in [7, 11) is 0. The smallest absolute Gasteiger partial charge is 0.387 e. The number of aliphatic imine (C=N–C) groups is 1. The predicted octanol–water partition coefficient (Wildman–Crippen LogP) is 4.52. The van der Waals surface area contributed by atoms with E-state index in [0.29, 0.717) is 36.9 Å². The van der Waals surface area contributed by atoms with E-state index in [1.807, 2.05) is 25.1 Å². The SMILES string of the molecule is CCNC(=NCc1cccc(NC(C)=O)c1)NCc1cccc(OCC)c1OC(F)F.I. The lowest BCUT2D eigenvalue weighted by Crippen LogP contribution is -2.36. The summed E-state index contributed by atoms with van der Waals surface area (Å²) in [5, 5.41) is 8.98. The van der Waals surface area contributed by atoms with Crippen LogP contribution < -0.4 is 25.4 Å². The normalized spacial score (nSPS) is 10.9. The summed E-state index contributed by atoms with van der Waals surface area (Å²) in [5.74, 6) is 0.633. The lowest BCUT2D eigenvalue weighted by molar-refractivity contribution is -0.114. The van der Waals surface area contributed by atoms with Crippen molar-refractivity contribution in [2.24, 2.45) is 4.99 Å². The number of carbonyl (C=O) groups excluding carboxylic acids is 1. The summed E-state index contributed by atoms with van der Waals surface area (Å²) >= 11 is 0. The second-order valence-corrected chi connectivity index (χ2v) is 6.49. The lowest BCUT2D eigenvalue weighted by Gasteiger charge is -2.17. The molecule has 0 fully saturated rings. The number of alkyl halides is 2. The second-order valence-electron chi connectivity index (χ2n) is 6.49. The summed E-state index contributed by atoms with van der Waals surface area (Å²) in [6.07, 6.45) is 0. The van der Waals surface area contributed by atoms with Crippen LogP contribution in [-0.2, 0) is 17.9 Å². The molecule has 10 heteroatoms. The number of para-hydroxylation sites is 1. The van der Waals surface area contributed by atoms with Crippen LogP contribution in [0.25, 0.3) is 0 Å². The summed E-state index contributed by atoms with van der Waals surface area (Å²) in [6, 6.07) is 12.4. The number of nitrogens with zero attached hydrogens (tertiary/aromatic N) is 1. The monoisotopic (exact) mass is 562 g/mol. The van der Waals surface area contributed by atoms with Gasteiger partial charge in [0.05, 0.1) is 13.2 Å². The van der Waals surface area contributed by atoms with Crippen LogP contribution in [0, 0.1) is 0 Å². The van der Waals surface area contributed by atoms with Crippen molar-refractivity contribution in [1.29, 1.82) is 0 Å². The predicted molar refractivity (Wildman–Crippen MR) is 132 cm³/mol. The average molecular weight is 562 g/mol. The van der Waals surface area contributed by atoms with E-state index in [2.05, 4.69) is 20.9 Å². The molecule has 7 nitrogen and oxygen atoms in total. The highest BCUT2D eigenvalue weighted by atomic mass is 127. The van der Waals surface area contributed by atoms with Gasteiger partial charge >= 0.3 is 6.61 Å². The highest BCUT2D eigenvalue weighted by Crippen LogP contribution is 2.32. The van der Waals surface area contributed by atoms with Gasteiger partial charge in [-0.25, -0.2) is 4.99 Å². The molecule has 2 aromatic carbocycles. The molecule has 0 saturated carbocycles. The number of carbonyl (C=O) groups is 1. The van der Waals surface area contributed by atoms with Crippen LogP contribution in [0.15, 0.2) is 47.5 Å². The largest absolute Gasteiger partial charge is 0.490 e. The van der Waals surface area contributed by atoms with Crippen molar-refractivity contribution in [1.82, 2.24) is 10.6 Å². The number of nitrogens with one attached hydrogen (secondary N) is 3. The molecule has 176 valence electrons. The molecule has 0 aliphatic rings. The van der Waals surface area contributed by atoms with Crippen LogP contribution in [0.2, 0.25) is 0 Å². The van der Waals surface area contributed by atoms with E-state index >= 15 is 0 Å². The first kappa shape index (κ1) is 27.4. The van der Waals surface area contributed by atoms with Crippen LogP contribution in [0.5, 0.6) is 11.5 Å². The number of benzene rings is 2. The molecule has 0 spiro atoms. The van der Waals surface area contributed by atoms with Gasteiger partial charge in [-0.1, -0.05) is 24.3 Å². The molecule has 2 rings (SSSR count). The van der Waals surface area contributed by atoms with E-state index < -0.39 is 6.61 Å². The van der Waals surface area contributed by atoms with Crippen molar-refractivity contribution in [2.45, 2.75) is 40.5 Å². The number of hydrogen-bond donors (Lipinski definition) is 3. The molecule has 0 aliphatic carbocycles. The highest BCUT2D eigenvalue weighted by Gasteiger charge is 2.16. The summed E-state index contributed by atoms with van der Waals surface area (Å²) in [5.41, 5.74) is 2.12. The summed E-state index contributed by atoms with van der Waals surface area (Å²) in [6.45, 7) is 3.71. The first-order valence-electron chi connectivity index (χ1n) is 10.0. The second kappa shape index (κ2) is 14.4. The van der Waals surface area contributed by atoms with Gasteiger partial charge in [0.2, 0.25) is 5.91 Å². The van der Waals surface area contributed by atoms with Gasteiger partial charge in [-0.2, -0.15) is 8.78 Å². The van der Waals surface area contributed by atoms with Crippen molar-refractivity contribution < 1.29 is 23.0 Å². The minimum atomic E-state index is -2.96. The molecular weight excluding hydrogens is 533 g/mol. The van der Waals surface area contributed by atoms with Crippen molar-refractivity contribution >= 4 is 41.5 Å². The van der Waals surface area contributed by atoms with Gasteiger partial charge < -0.3 is 25.4 Å². The van der Waals surface area contributed by atoms with Crippen molar-refractivity contribution in [2.75, 3.05) is 18.5 Å². The van der Waals surface area contributed by atoms with Crippen LogP contribution >= 0.6 is 24.0 Å². The zero-order chi connectivity index (χ0) is 22.6. The fourth-order valence-corrected chi connectivity index (χ4v) is 2.83. The maximum Gasteiger partial charge on any atom is 0.387 e. The van der Waals surface area contributed by atoms with Gasteiger partial charge in [0.15, 0.2) is 17.5 Å². The Morgan fingerprint density at radius 2 is 1.88 bits per heavy atom. The summed E-state index contributed by atoms with van der Waals surface area (Å²) in [4.78, 5) is 15.8. The fraction of sp³-hybridized carbons (Fsp3) is 0.364. The Hall–Kier alpha value is -2.63. The number of ether oxygens (including phenoxy) is 2. The molecule has 0 aliphatic heterocycles. The van der Waals surface area contributed by atoms with E-state index in [-0.39, 0.29) is 47.9 Å².